The van der Waals surface area contributed by atoms with E-state index in [1.54, 1.807) is 36.7 Å². The first kappa shape index (κ1) is 18.8. The van der Waals surface area contributed by atoms with Crippen molar-refractivity contribution in [3.63, 3.8) is 0 Å². The van der Waals surface area contributed by atoms with E-state index in [2.05, 4.69) is 9.97 Å². The number of oxazole rings is 2. The van der Waals surface area contributed by atoms with Crippen LogP contribution < -0.4 is 0 Å². The molecule has 1 aliphatic carbocycles. The number of hydrogen-bond acceptors (Lipinski definition) is 5. The number of allylic oxidation sites excluding steroid dienone is 3. The van der Waals surface area contributed by atoms with Gasteiger partial charge in [0.1, 0.15) is 5.92 Å². The maximum absolute atomic E-state index is 12.2. The molecule has 152 valence electrons. The summed E-state index contributed by atoms with van der Waals surface area (Å²) < 4.78 is 12.2. The maximum atomic E-state index is 12.2. The molecular formula is C25H18N2O4. The third-order valence-electron chi connectivity index (χ3n) is 5.37. The molecule has 1 N–H and O–H groups in total. The lowest BCUT2D eigenvalue weighted by molar-refractivity contribution is -0.141. The van der Waals surface area contributed by atoms with Crippen LogP contribution in [0.3, 0.4) is 0 Å². The predicted octanol–water partition coefficient (Wildman–Crippen LogP) is 5.11. The van der Waals surface area contributed by atoms with Crippen LogP contribution in [0, 0.1) is 5.92 Å². The number of carbonyl (C=O) groups is 1. The second kappa shape index (κ2) is 7.57. The number of hydrogen-bond donors (Lipinski definition) is 1. The fourth-order valence-electron chi connectivity index (χ4n) is 3.82. The second-order valence-corrected chi connectivity index (χ2v) is 7.22. The molecule has 0 fully saturated rings. The van der Waals surface area contributed by atoms with Gasteiger partial charge in [-0.25, -0.2) is 9.97 Å². The van der Waals surface area contributed by atoms with Crippen molar-refractivity contribution < 1.29 is 18.7 Å². The zero-order chi connectivity index (χ0) is 21.3. The summed E-state index contributed by atoms with van der Waals surface area (Å²) in [5.41, 5.74) is 0.368. The average Bonchev–Trinajstić information content (AvgIpc) is 3.51. The molecular weight excluding hydrogens is 392 g/mol. The number of rotatable bonds is 5. The first-order valence-corrected chi connectivity index (χ1v) is 9.81. The summed E-state index contributed by atoms with van der Waals surface area (Å²) in [7, 11) is 0. The summed E-state index contributed by atoms with van der Waals surface area (Å²) >= 11 is 0. The maximum Gasteiger partial charge on any atom is 0.312 e. The summed E-state index contributed by atoms with van der Waals surface area (Å²) in [5.74, 6) is -0.531. The van der Waals surface area contributed by atoms with Crippen molar-refractivity contribution in [2.24, 2.45) is 5.92 Å². The van der Waals surface area contributed by atoms with E-state index in [4.69, 9.17) is 8.83 Å². The van der Waals surface area contributed by atoms with Crippen LogP contribution in [0.2, 0.25) is 0 Å². The lowest BCUT2D eigenvalue weighted by Crippen LogP contribution is -2.40. The van der Waals surface area contributed by atoms with Crippen LogP contribution >= 0.6 is 0 Å². The van der Waals surface area contributed by atoms with Crippen molar-refractivity contribution in [2.45, 2.75) is 5.41 Å². The van der Waals surface area contributed by atoms with E-state index in [0.29, 0.717) is 11.5 Å². The van der Waals surface area contributed by atoms with E-state index in [0.717, 1.165) is 11.1 Å². The first-order valence-electron chi connectivity index (χ1n) is 9.81. The molecule has 0 saturated heterocycles. The van der Waals surface area contributed by atoms with Crippen LogP contribution in [0.4, 0.5) is 0 Å². The molecule has 0 bridgehead atoms. The van der Waals surface area contributed by atoms with Gasteiger partial charge in [-0.15, -0.1) is 0 Å². The van der Waals surface area contributed by atoms with Crippen LogP contribution in [-0.4, -0.2) is 21.0 Å². The Hall–Kier alpha value is -4.19. The molecule has 5 rings (SSSR count). The van der Waals surface area contributed by atoms with Gasteiger partial charge in [-0.2, -0.15) is 0 Å². The number of benzene rings is 2. The minimum Gasteiger partial charge on any atom is -0.481 e. The summed E-state index contributed by atoms with van der Waals surface area (Å²) in [4.78, 5) is 21.2. The molecule has 0 radical (unpaired) electrons. The van der Waals surface area contributed by atoms with E-state index < -0.39 is 17.3 Å². The third-order valence-corrected chi connectivity index (χ3v) is 5.37. The molecule has 1 atom stereocenters. The highest BCUT2D eigenvalue weighted by Crippen LogP contribution is 2.44. The highest BCUT2D eigenvalue weighted by Gasteiger charge is 2.51. The minimum absolute atomic E-state index is 0.209. The largest absolute Gasteiger partial charge is 0.481 e. The van der Waals surface area contributed by atoms with Crippen molar-refractivity contribution >= 4 is 5.97 Å². The Morgan fingerprint density at radius 1 is 0.806 bits per heavy atom. The number of aromatic nitrogens is 2. The van der Waals surface area contributed by atoms with E-state index in [1.165, 1.54) is 0 Å². The zero-order valence-electron chi connectivity index (χ0n) is 16.4. The third kappa shape index (κ3) is 3.18. The Kier molecular flexibility index (Phi) is 4.59. The van der Waals surface area contributed by atoms with Gasteiger partial charge in [0.05, 0.1) is 12.4 Å². The Balaban J connectivity index is 1.66. The van der Waals surface area contributed by atoms with E-state index >= 15 is 0 Å². The molecule has 2 aromatic heterocycles. The number of carboxylic acid groups (broad SMARTS) is 1. The van der Waals surface area contributed by atoms with Gasteiger partial charge in [-0.05, 0) is 0 Å². The molecule has 0 aliphatic heterocycles. The Morgan fingerprint density at radius 2 is 1.32 bits per heavy atom. The molecule has 6 nitrogen and oxygen atoms in total. The van der Waals surface area contributed by atoms with Crippen LogP contribution in [0.1, 0.15) is 11.8 Å². The molecule has 2 heterocycles. The summed E-state index contributed by atoms with van der Waals surface area (Å²) in [6.45, 7) is 0. The second-order valence-electron chi connectivity index (χ2n) is 7.22. The fraction of sp³-hybridized carbons (Fsp3) is 0.0800. The van der Waals surface area contributed by atoms with Crippen molar-refractivity contribution in [1.82, 2.24) is 9.97 Å². The smallest absolute Gasteiger partial charge is 0.312 e. The van der Waals surface area contributed by atoms with Gasteiger partial charge >= 0.3 is 5.97 Å². The molecule has 6 heteroatoms. The van der Waals surface area contributed by atoms with Crippen molar-refractivity contribution in [2.75, 3.05) is 0 Å². The average molecular weight is 410 g/mol. The minimum atomic E-state index is -1.32. The highest BCUT2D eigenvalue weighted by molar-refractivity contribution is 5.77. The Morgan fingerprint density at radius 3 is 1.81 bits per heavy atom. The molecule has 1 aliphatic rings. The summed E-state index contributed by atoms with van der Waals surface area (Å²) in [5, 5.41) is 10.0. The molecule has 0 amide bonds. The molecule has 2 aromatic carbocycles. The van der Waals surface area contributed by atoms with Gasteiger partial charge in [0.25, 0.3) is 0 Å². The Labute approximate surface area is 178 Å². The molecule has 1 unspecified atom stereocenters. The van der Waals surface area contributed by atoms with Crippen LogP contribution in [-0.2, 0) is 10.2 Å². The van der Waals surface area contributed by atoms with Crippen molar-refractivity contribution in [3.05, 3.63) is 109 Å². The van der Waals surface area contributed by atoms with Gasteiger partial charge < -0.3 is 13.9 Å². The molecule has 0 saturated carbocycles. The quantitative estimate of drug-likeness (QED) is 0.492. The topological polar surface area (TPSA) is 89.4 Å². The van der Waals surface area contributed by atoms with Crippen LogP contribution in [0.5, 0.6) is 0 Å². The lowest BCUT2D eigenvalue weighted by Gasteiger charge is -2.30. The van der Waals surface area contributed by atoms with E-state index in [9.17, 15) is 9.90 Å². The van der Waals surface area contributed by atoms with Crippen LogP contribution in [0.15, 0.2) is 106 Å². The van der Waals surface area contributed by atoms with Gasteiger partial charge in [-0.1, -0.05) is 85.0 Å². The summed E-state index contributed by atoms with van der Waals surface area (Å²) in [6.07, 6.45) is 9.97. The van der Waals surface area contributed by atoms with E-state index in [-0.39, 0.29) is 11.8 Å². The van der Waals surface area contributed by atoms with Gasteiger partial charge in [0, 0.05) is 11.1 Å². The normalized spacial score (nSPS) is 17.0. The molecule has 31 heavy (non-hydrogen) atoms. The van der Waals surface area contributed by atoms with Crippen LogP contribution in [0.25, 0.3) is 22.6 Å². The standard InChI is InChI=1S/C25H18N2O4/c28-22(29)19-13-7-8-14-25(19,23-26-15-20(30-23)17-9-3-1-4-10-17)24-27-16-21(31-24)18-11-5-2-6-12-18/h1-16,19H,(H,28,29). The molecule has 0 spiro atoms. The van der Waals surface area contributed by atoms with Crippen molar-refractivity contribution in [3.8, 4) is 22.6 Å². The monoisotopic (exact) mass is 410 g/mol. The number of nitrogens with zero attached hydrogens (tertiary/aromatic N) is 2. The fourth-order valence-corrected chi connectivity index (χ4v) is 3.82. The highest BCUT2D eigenvalue weighted by atomic mass is 16.4. The van der Waals surface area contributed by atoms with Gasteiger partial charge in [-0.3, -0.25) is 4.79 Å². The number of carboxylic acids is 1. The predicted molar refractivity (Wildman–Crippen MR) is 114 cm³/mol. The van der Waals surface area contributed by atoms with E-state index in [1.807, 2.05) is 60.7 Å². The Bertz CT molecular complexity index is 1190. The summed E-state index contributed by atoms with van der Waals surface area (Å²) in [6, 6.07) is 19.0. The van der Waals surface area contributed by atoms with Gasteiger partial charge in [0.2, 0.25) is 11.8 Å². The van der Waals surface area contributed by atoms with Gasteiger partial charge in [0.15, 0.2) is 16.9 Å². The SMILES string of the molecule is O=C(O)C1C=CC=CC1(c1ncc(-c2ccccc2)o1)c1ncc(-c2ccccc2)o1. The molecule has 4 aromatic rings. The lowest BCUT2D eigenvalue weighted by atomic mass is 9.72. The number of aliphatic carboxylic acids is 1. The van der Waals surface area contributed by atoms with Crippen molar-refractivity contribution in [1.29, 1.82) is 0 Å². The first-order chi connectivity index (χ1) is 15.2. The zero-order valence-corrected chi connectivity index (χ0v) is 16.4.